The zero-order valence-electron chi connectivity index (χ0n) is 9.84. The molecule has 0 spiro atoms. The average Bonchev–Trinajstić information content (AvgIpc) is 2.28. The highest BCUT2D eigenvalue weighted by Gasteiger charge is 2.03. The fourth-order valence-electron chi connectivity index (χ4n) is 1.54. The average molecular weight is 235 g/mol. The summed E-state index contributed by atoms with van der Waals surface area (Å²) in [5.74, 6) is -0.955. The van der Waals surface area contributed by atoms with Crippen LogP contribution in [0.15, 0.2) is 30.3 Å². The van der Waals surface area contributed by atoms with Crippen LogP contribution in [0.2, 0.25) is 0 Å². The lowest BCUT2D eigenvalue weighted by atomic mass is 10.1. The number of rotatable bonds is 6. The third-order valence-corrected chi connectivity index (χ3v) is 2.38. The molecule has 0 aliphatic carbocycles. The Kier molecular flexibility index (Phi) is 5.39. The number of hydrogen-bond donors (Lipinski definition) is 2. The fraction of sp³-hybridized carbons (Fsp3) is 0.308. The lowest BCUT2D eigenvalue weighted by molar-refractivity contribution is -0.131. The maximum absolute atomic E-state index is 10.5. The molecule has 1 rings (SSSR count). The Bertz CT molecular complexity index is 401. The summed E-state index contributed by atoms with van der Waals surface area (Å²) in [7, 11) is 1.91. The number of aliphatic hydroxyl groups excluding tert-OH is 1. The van der Waals surface area contributed by atoms with E-state index in [-0.39, 0.29) is 6.61 Å². The first-order valence-corrected chi connectivity index (χ1v) is 5.42. The molecule has 0 unspecified atom stereocenters. The molecule has 92 valence electrons. The van der Waals surface area contributed by atoms with Crippen molar-refractivity contribution < 1.29 is 15.0 Å². The van der Waals surface area contributed by atoms with Crippen molar-refractivity contribution in [2.24, 2.45) is 0 Å². The Morgan fingerprint density at radius 3 is 2.76 bits per heavy atom. The largest absolute Gasteiger partial charge is 0.478 e. The first kappa shape index (κ1) is 13.4. The molecular formula is C13H17NO3. The minimum Gasteiger partial charge on any atom is -0.478 e. The van der Waals surface area contributed by atoms with Crippen molar-refractivity contribution in [2.45, 2.75) is 6.54 Å². The molecule has 2 N–H and O–H groups in total. The van der Waals surface area contributed by atoms with Gasteiger partial charge in [-0.25, -0.2) is 4.79 Å². The Balaban J connectivity index is 2.80. The van der Waals surface area contributed by atoms with Gasteiger partial charge in [0.15, 0.2) is 0 Å². The number of aliphatic hydroxyl groups is 1. The van der Waals surface area contributed by atoms with Crippen LogP contribution in [0.5, 0.6) is 0 Å². The van der Waals surface area contributed by atoms with E-state index in [0.717, 1.165) is 17.2 Å². The number of carboxylic acids is 1. The molecule has 0 amide bonds. The molecule has 0 aromatic heterocycles. The molecule has 1 aromatic rings. The number of carboxylic acid groups (broad SMARTS) is 1. The van der Waals surface area contributed by atoms with E-state index in [4.69, 9.17) is 10.2 Å². The van der Waals surface area contributed by atoms with E-state index in [1.54, 1.807) is 6.08 Å². The van der Waals surface area contributed by atoms with E-state index in [0.29, 0.717) is 13.1 Å². The van der Waals surface area contributed by atoms with Gasteiger partial charge in [0.1, 0.15) is 0 Å². The summed E-state index contributed by atoms with van der Waals surface area (Å²) in [6.45, 7) is 1.39. The number of nitrogens with zero attached hydrogens (tertiary/aromatic N) is 1. The monoisotopic (exact) mass is 235 g/mol. The third-order valence-electron chi connectivity index (χ3n) is 2.38. The summed E-state index contributed by atoms with van der Waals surface area (Å²) in [6, 6.07) is 7.62. The van der Waals surface area contributed by atoms with Crippen molar-refractivity contribution in [3.05, 3.63) is 41.5 Å². The van der Waals surface area contributed by atoms with E-state index in [1.807, 2.05) is 36.2 Å². The maximum atomic E-state index is 10.5. The highest BCUT2D eigenvalue weighted by atomic mass is 16.4. The summed E-state index contributed by atoms with van der Waals surface area (Å²) in [5, 5.41) is 17.4. The lowest BCUT2D eigenvalue weighted by Crippen LogP contribution is -2.21. The van der Waals surface area contributed by atoms with Crippen molar-refractivity contribution >= 4 is 12.0 Å². The summed E-state index contributed by atoms with van der Waals surface area (Å²) in [5.41, 5.74) is 1.93. The molecule has 17 heavy (non-hydrogen) atoms. The van der Waals surface area contributed by atoms with Crippen molar-refractivity contribution in [1.29, 1.82) is 0 Å². The highest BCUT2D eigenvalue weighted by molar-refractivity contribution is 5.85. The van der Waals surface area contributed by atoms with Crippen LogP contribution in [0, 0.1) is 0 Å². The van der Waals surface area contributed by atoms with Crippen molar-refractivity contribution in [3.63, 3.8) is 0 Å². The Morgan fingerprint density at radius 2 is 2.12 bits per heavy atom. The van der Waals surface area contributed by atoms with Gasteiger partial charge in [-0.3, -0.25) is 4.90 Å². The molecule has 0 radical (unpaired) electrons. The standard InChI is InChI=1S/C13H17NO3/c1-14(8-9-15)10-12-5-3-2-4-11(12)6-7-13(16)17/h2-7,15H,8-10H2,1H3,(H,16,17)/b7-6+. The topological polar surface area (TPSA) is 60.8 Å². The smallest absolute Gasteiger partial charge is 0.328 e. The van der Waals surface area contributed by atoms with Crippen LogP contribution in [0.1, 0.15) is 11.1 Å². The lowest BCUT2D eigenvalue weighted by Gasteiger charge is -2.16. The van der Waals surface area contributed by atoms with Gasteiger partial charge in [0.25, 0.3) is 0 Å². The predicted molar refractivity (Wildman–Crippen MR) is 66.5 cm³/mol. The second-order valence-corrected chi connectivity index (χ2v) is 3.83. The fourth-order valence-corrected chi connectivity index (χ4v) is 1.54. The maximum Gasteiger partial charge on any atom is 0.328 e. The normalized spacial score (nSPS) is 11.2. The van der Waals surface area contributed by atoms with Crippen LogP contribution in [0.3, 0.4) is 0 Å². The number of benzene rings is 1. The van der Waals surface area contributed by atoms with Crippen LogP contribution in [0.25, 0.3) is 6.08 Å². The van der Waals surface area contributed by atoms with E-state index in [9.17, 15) is 4.79 Å². The number of carbonyl (C=O) groups is 1. The van der Waals surface area contributed by atoms with Crippen molar-refractivity contribution in [2.75, 3.05) is 20.2 Å². The third kappa shape index (κ3) is 4.80. The first-order chi connectivity index (χ1) is 8.13. The van der Waals surface area contributed by atoms with E-state index < -0.39 is 5.97 Å². The number of hydrogen-bond acceptors (Lipinski definition) is 3. The minimum atomic E-state index is -0.955. The van der Waals surface area contributed by atoms with Gasteiger partial charge in [0.05, 0.1) is 6.61 Å². The summed E-state index contributed by atoms with van der Waals surface area (Å²) < 4.78 is 0. The molecule has 1 aromatic carbocycles. The van der Waals surface area contributed by atoms with Gasteiger partial charge in [-0.1, -0.05) is 24.3 Å². The van der Waals surface area contributed by atoms with Crippen molar-refractivity contribution in [1.82, 2.24) is 4.90 Å². The second-order valence-electron chi connectivity index (χ2n) is 3.83. The summed E-state index contributed by atoms with van der Waals surface area (Å²) in [4.78, 5) is 12.5. The molecule has 4 nitrogen and oxygen atoms in total. The van der Waals surface area contributed by atoms with Crippen LogP contribution in [-0.4, -0.2) is 41.3 Å². The van der Waals surface area contributed by atoms with E-state index in [1.165, 1.54) is 0 Å². The molecule has 4 heteroatoms. The van der Waals surface area contributed by atoms with Gasteiger partial charge >= 0.3 is 5.97 Å². The van der Waals surface area contributed by atoms with Gasteiger partial charge in [-0.15, -0.1) is 0 Å². The molecular weight excluding hydrogens is 218 g/mol. The first-order valence-electron chi connectivity index (χ1n) is 5.42. The van der Waals surface area contributed by atoms with Crippen LogP contribution in [0.4, 0.5) is 0 Å². The predicted octanol–water partition coefficient (Wildman–Crippen LogP) is 1.21. The van der Waals surface area contributed by atoms with Crippen molar-refractivity contribution in [3.8, 4) is 0 Å². The van der Waals surface area contributed by atoms with Gasteiger partial charge in [0, 0.05) is 19.2 Å². The molecule has 0 aliphatic heterocycles. The molecule has 0 fully saturated rings. The SMILES string of the molecule is CN(CCO)Cc1ccccc1/C=C/C(=O)O. The highest BCUT2D eigenvalue weighted by Crippen LogP contribution is 2.12. The zero-order chi connectivity index (χ0) is 12.7. The molecule has 0 bridgehead atoms. The Labute approximate surface area is 101 Å². The summed E-state index contributed by atoms with van der Waals surface area (Å²) >= 11 is 0. The van der Waals surface area contributed by atoms with E-state index >= 15 is 0 Å². The number of likely N-dealkylation sites (N-methyl/N-ethyl adjacent to an activating group) is 1. The molecule has 0 heterocycles. The van der Waals surface area contributed by atoms with Gasteiger partial charge < -0.3 is 10.2 Å². The molecule has 0 atom stereocenters. The van der Waals surface area contributed by atoms with Gasteiger partial charge in [0.2, 0.25) is 0 Å². The van der Waals surface area contributed by atoms with Gasteiger partial charge in [-0.05, 0) is 24.3 Å². The Morgan fingerprint density at radius 1 is 1.41 bits per heavy atom. The molecule has 0 saturated heterocycles. The van der Waals surface area contributed by atoms with Crippen LogP contribution < -0.4 is 0 Å². The summed E-state index contributed by atoms with van der Waals surface area (Å²) in [6.07, 6.45) is 2.72. The molecule has 0 saturated carbocycles. The van der Waals surface area contributed by atoms with E-state index in [2.05, 4.69) is 0 Å². The quantitative estimate of drug-likeness (QED) is 0.728. The van der Waals surface area contributed by atoms with Crippen LogP contribution >= 0.6 is 0 Å². The Hall–Kier alpha value is -1.65. The number of aliphatic carboxylic acids is 1. The van der Waals surface area contributed by atoms with Crippen LogP contribution in [-0.2, 0) is 11.3 Å². The second kappa shape index (κ2) is 6.83. The minimum absolute atomic E-state index is 0.115. The zero-order valence-corrected chi connectivity index (χ0v) is 9.84. The molecule has 0 aliphatic rings. The van der Waals surface area contributed by atoms with Gasteiger partial charge in [-0.2, -0.15) is 0 Å².